The van der Waals surface area contributed by atoms with Gasteiger partial charge in [0.2, 0.25) is 0 Å². The van der Waals surface area contributed by atoms with Crippen molar-refractivity contribution < 1.29 is 9.15 Å². The Labute approximate surface area is 123 Å². The number of nitrogens with zero attached hydrogens (tertiary/aromatic N) is 1. The third kappa shape index (κ3) is 6.07. The van der Waals surface area contributed by atoms with E-state index in [0.717, 1.165) is 63.9 Å². The van der Waals surface area contributed by atoms with Crippen molar-refractivity contribution in [1.82, 2.24) is 10.2 Å². The maximum atomic E-state index is 5.86. The van der Waals surface area contributed by atoms with E-state index in [4.69, 9.17) is 9.15 Å². The van der Waals surface area contributed by atoms with Gasteiger partial charge in [-0.1, -0.05) is 13.8 Å². The lowest BCUT2D eigenvalue weighted by Crippen LogP contribution is -2.26. The van der Waals surface area contributed by atoms with E-state index in [9.17, 15) is 0 Å². The summed E-state index contributed by atoms with van der Waals surface area (Å²) in [5.41, 5.74) is 1.27. The van der Waals surface area contributed by atoms with Crippen molar-refractivity contribution in [3.63, 3.8) is 0 Å². The molecule has 0 aliphatic rings. The van der Waals surface area contributed by atoms with E-state index in [-0.39, 0.29) is 0 Å². The molecule has 0 aromatic carbocycles. The van der Waals surface area contributed by atoms with Crippen molar-refractivity contribution in [2.45, 2.75) is 47.2 Å². The zero-order valence-corrected chi connectivity index (χ0v) is 13.5. The maximum absolute atomic E-state index is 5.86. The highest BCUT2D eigenvalue weighted by molar-refractivity contribution is 5.20. The fourth-order valence-corrected chi connectivity index (χ4v) is 2.15. The quantitative estimate of drug-likeness (QED) is 0.633. The first-order valence-corrected chi connectivity index (χ1v) is 7.80. The average molecular weight is 282 g/mol. The fraction of sp³-hybridized carbons (Fsp3) is 0.750. The number of likely N-dealkylation sites (N-methyl/N-ethyl adjacent to an activating group) is 1. The molecule has 0 saturated carbocycles. The van der Waals surface area contributed by atoms with Crippen LogP contribution in [-0.2, 0) is 17.8 Å². The summed E-state index contributed by atoms with van der Waals surface area (Å²) >= 11 is 0. The molecule has 0 unspecified atom stereocenters. The minimum Gasteiger partial charge on any atom is -0.465 e. The molecule has 1 aromatic rings. The van der Waals surface area contributed by atoms with Crippen LogP contribution in [-0.4, -0.2) is 37.7 Å². The van der Waals surface area contributed by atoms with E-state index in [1.807, 2.05) is 13.8 Å². The number of furan rings is 1. The lowest BCUT2D eigenvalue weighted by atomic mass is 10.2. The Morgan fingerprint density at radius 2 is 2.10 bits per heavy atom. The molecule has 0 aliphatic heterocycles. The highest BCUT2D eigenvalue weighted by Gasteiger charge is 2.10. The van der Waals surface area contributed by atoms with Crippen LogP contribution in [0.1, 0.15) is 44.3 Å². The highest BCUT2D eigenvalue weighted by atomic mass is 16.5. The van der Waals surface area contributed by atoms with Crippen LogP contribution in [0.4, 0.5) is 0 Å². The third-order valence-electron chi connectivity index (χ3n) is 3.40. The van der Waals surface area contributed by atoms with Crippen molar-refractivity contribution >= 4 is 0 Å². The smallest absolute Gasteiger partial charge is 0.118 e. The van der Waals surface area contributed by atoms with Crippen LogP contribution in [0, 0.1) is 6.92 Å². The minimum atomic E-state index is 0.782. The van der Waals surface area contributed by atoms with Crippen molar-refractivity contribution in [3.05, 3.63) is 23.2 Å². The summed E-state index contributed by atoms with van der Waals surface area (Å²) in [6.07, 6.45) is 1.16. The Kier molecular flexibility index (Phi) is 8.58. The second kappa shape index (κ2) is 9.97. The molecule has 0 atom stereocenters. The van der Waals surface area contributed by atoms with Crippen LogP contribution in [0.5, 0.6) is 0 Å². The first kappa shape index (κ1) is 17.2. The molecule has 0 aliphatic carbocycles. The number of rotatable bonds is 11. The van der Waals surface area contributed by atoms with Crippen LogP contribution >= 0.6 is 0 Å². The van der Waals surface area contributed by atoms with Gasteiger partial charge in [-0.3, -0.25) is 4.90 Å². The number of aryl methyl sites for hydroxylation is 1. The summed E-state index contributed by atoms with van der Waals surface area (Å²) in [5, 5.41) is 3.42. The lowest BCUT2D eigenvalue weighted by molar-refractivity contribution is 0.110. The van der Waals surface area contributed by atoms with Crippen LogP contribution in [0.25, 0.3) is 0 Å². The van der Waals surface area contributed by atoms with Gasteiger partial charge in [0.05, 0.1) is 13.2 Å². The Morgan fingerprint density at radius 3 is 2.75 bits per heavy atom. The molecule has 0 spiro atoms. The Balaban J connectivity index is 2.47. The van der Waals surface area contributed by atoms with Gasteiger partial charge in [-0.05, 0) is 39.4 Å². The number of hydrogen-bond acceptors (Lipinski definition) is 4. The number of ether oxygens (including phenoxy) is 1. The molecule has 0 amide bonds. The first-order valence-electron chi connectivity index (χ1n) is 7.80. The van der Waals surface area contributed by atoms with E-state index in [0.29, 0.717) is 0 Å². The molecule has 20 heavy (non-hydrogen) atoms. The monoisotopic (exact) mass is 282 g/mol. The Morgan fingerprint density at radius 1 is 1.30 bits per heavy atom. The summed E-state index contributed by atoms with van der Waals surface area (Å²) in [7, 11) is 0. The fourth-order valence-electron chi connectivity index (χ4n) is 2.15. The van der Waals surface area contributed by atoms with E-state index in [1.165, 1.54) is 5.56 Å². The molecule has 1 aromatic heterocycles. The zero-order valence-electron chi connectivity index (χ0n) is 13.5. The Bertz CT molecular complexity index is 363. The van der Waals surface area contributed by atoms with Gasteiger partial charge < -0.3 is 14.5 Å². The molecule has 1 N–H and O–H groups in total. The number of hydrogen-bond donors (Lipinski definition) is 1. The largest absolute Gasteiger partial charge is 0.465 e. The molecular weight excluding hydrogens is 252 g/mol. The molecule has 0 fully saturated rings. The zero-order chi connectivity index (χ0) is 14.8. The molecule has 0 saturated heterocycles. The van der Waals surface area contributed by atoms with Gasteiger partial charge in [0.1, 0.15) is 11.5 Å². The summed E-state index contributed by atoms with van der Waals surface area (Å²) in [4.78, 5) is 2.34. The molecule has 1 rings (SSSR count). The van der Waals surface area contributed by atoms with Crippen LogP contribution in [0.15, 0.2) is 10.5 Å². The van der Waals surface area contributed by atoms with Crippen molar-refractivity contribution in [2.24, 2.45) is 0 Å². The van der Waals surface area contributed by atoms with Gasteiger partial charge in [-0.15, -0.1) is 0 Å². The molecule has 1 heterocycles. The summed E-state index contributed by atoms with van der Waals surface area (Å²) in [5.74, 6) is 2.08. The summed E-state index contributed by atoms with van der Waals surface area (Å²) in [6, 6.07) is 2.18. The van der Waals surface area contributed by atoms with Crippen molar-refractivity contribution in [1.29, 1.82) is 0 Å². The van der Waals surface area contributed by atoms with E-state index in [2.05, 4.69) is 30.1 Å². The van der Waals surface area contributed by atoms with Crippen LogP contribution < -0.4 is 5.32 Å². The summed E-state index contributed by atoms with van der Waals surface area (Å²) < 4.78 is 11.3. The molecule has 4 heteroatoms. The first-order chi connectivity index (χ1) is 9.71. The normalized spacial score (nSPS) is 11.4. The topological polar surface area (TPSA) is 37.6 Å². The van der Waals surface area contributed by atoms with Crippen molar-refractivity contribution in [2.75, 3.05) is 32.8 Å². The van der Waals surface area contributed by atoms with Gasteiger partial charge in [0, 0.05) is 25.3 Å². The molecule has 0 radical (unpaired) electrons. The van der Waals surface area contributed by atoms with Crippen LogP contribution in [0.3, 0.4) is 0 Å². The minimum absolute atomic E-state index is 0.782. The van der Waals surface area contributed by atoms with Gasteiger partial charge in [-0.25, -0.2) is 0 Å². The highest BCUT2D eigenvalue weighted by Crippen LogP contribution is 2.16. The van der Waals surface area contributed by atoms with E-state index >= 15 is 0 Å². The summed E-state index contributed by atoms with van der Waals surface area (Å²) in [6.45, 7) is 14.8. The van der Waals surface area contributed by atoms with Gasteiger partial charge in [-0.2, -0.15) is 0 Å². The average Bonchev–Trinajstić information content (AvgIpc) is 2.78. The molecule has 0 bridgehead atoms. The predicted molar refractivity (Wildman–Crippen MR) is 82.9 cm³/mol. The van der Waals surface area contributed by atoms with Gasteiger partial charge in [0.25, 0.3) is 0 Å². The standard InChI is InChI=1S/C16H30N2O2/c1-5-8-17-12-15-11-16(20-14(15)4)13-18(6-2)9-10-19-7-3/h11,17H,5-10,12-13H2,1-4H3. The van der Waals surface area contributed by atoms with Gasteiger partial charge in [0.15, 0.2) is 0 Å². The lowest BCUT2D eigenvalue weighted by Gasteiger charge is -2.18. The van der Waals surface area contributed by atoms with E-state index < -0.39 is 0 Å². The molecule has 4 nitrogen and oxygen atoms in total. The third-order valence-corrected chi connectivity index (χ3v) is 3.40. The Hall–Kier alpha value is -0.840. The second-order valence-corrected chi connectivity index (χ2v) is 5.04. The molecular formula is C16H30N2O2. The maximum Gasteiger partial charge on any atom is 0.118 e. The molecule has 116 valence electrons. The SMILES string of the molecule is CCCNCc1cc(CN(CC)CCOCC)oc1C. The predicted octanol–water partition coefficient (Wildman–Crippen LogP) is 2.95. The van der Waals surface area contributed by atoms with E-state index in [1.54, 1.807) is 0 Å². The second-order valence-electron chi connectivity index (χ2n) is 5.04. The van der Waals surface area contributed by atoms with Crippen molar-refractivity contribution in [3.8, 4) is 0 Å². The van der Waals surface area contributed by atoms with Gasteiger partial charge >= 0.3 is 0 Å². The van der Waals surface area contributed by atoms with Crippen LogP contribution in [0.2, 0.25) is 0 Å². The number of nitrogens with one attached hydrogen (secondary N) is 1.